The number of pyridine rings is 1. The van der Waals surface area contributed by atoms with Gasteiger partial charge in [0.25, 0.3) is 5.56 Å². The zero-order chi connectivity index (χ0) is 17.1. The average molecular weight is 424 g/mol. The molecular formula is C16H13IN2O4. The van der Waals surface area contributed by atoms with E-state index in [1.165, 1.54) is 14.0 Å². The first-order valence-corrected chi connectivity index (χ1v) is 7.65. The number of methoxy groups -OCH3 is 1. The van der Waals surface area contributed by atoms with Gasteiger partial charge in [0.05, 0.1) is 10.7 Å². The minimum atomic E-state index is -0.460. The molecule has 0 aliphatic carbocycles. The SMILES string of the molecule is COc1cc(-c2cc(C)[nH]c(=O)c2C#N)cc(I)c1OC(C)=O. The van der Waals surface area contributed by atoms with E-state index < -0.39 is 11.5 Å². The lowest BCUT2D eigenvalue weighted by molar-refractivity contribution is -0.132. The molecule has 0 fully saturated rings. The molecule has 23 heavy (non-hydrogen) atoms. The molecule has 0 saturated carbocycles. The molecule has 1 aromatic heterocycles. The van der Waals surface area contributed by atoms with Crippen molar-refractivity contribution in [2.24, 2.45) is 0 Å². The number of aromatic nitrogens is 1. The molecule has 118 valence electrons. The first-order chi connectivity index (χ1) is 10.9. The second kappa shape index (κ2) is 6.83. The standard InChI is InChI=1S/C16H13IN2O4/c1-8-4-11(12(7-18)16(21)19-8)10-5-13(17)15(23-9(2)20)14(6-10)22-3/h4-6H,1-3H3,(H,19,21). The molecule has 6 nitrogen and oxygen atoms in total. The smallest absolute Gasteiger partial charge is 0.308 e. The summed E-state index contributed by atoms with van der Waals surface area (Å²) in [6, 6.07) is 7.01. The number of carbonyl (C=O) groups is 1. The summed E-state index contributed by atoms with van der Waals surface area (Å²) in [7, 11) is 1.45. The summed E-state index contributed by atoms with van der Waals surface area (Å²) in [5.41, 5.74) is 1.35. The lowest BCUT2D eigenvalue weighted by Crippen LogP contribution is -2.13. The van der Waals surface area contributed by atoms with Crippen molar-refractivity contribution in [2.75, 3.05) is 7.11 Å². The summed E-state index contributed by atoms with van der Waals surface area (Å²) >= 11 is 2.01. The molecular weight excluding hydrogens is 411 g/mol. The number of carbonyl (C=O) groups excluding carboxylic acids is 1. The monoisotopic (exact) mass is 424 g/mol. The molecule has 0 spiro atoms. The van der Waals surface area contributed by atoms with Crippen LogP contribution in [0.15, 0.2) is 23.0 Å². The molecule has 2 rings (SSSR count). The number of hydrogen-bond donors (Lipinski definition) is 1. The number of halogens is 1. The molecule has 1 heterocycles. The molecule has 0 unspecified atom stereocenters. The highest BCUT2D eigenvalue weighted by Crippen LogP contribution is 2.38. The number of benzene rings is 1. The predicted octanol–water partition coefficient (Wildman–Crippen LogP) is 2.76. The first-order valence-electron chi connectivity index (χ1n) is 6.57. The summed E-state index contributed by atoms with van der Waals surface area (Å²) in [5, 5.41) is 9.25. The summed E-state index contributed by atoms with van der Waals surface area (Å²) < 4.78 is 11.1. The third kappa shape index (κ3) is 3.53. The van der Waals surface area contributed by atoms with E-state index in [0.29, 0.717) is 31.9 Å². The van der Waals surface area contributed by atoms with Crippen LogP contribution in [0.25, 0.3) is 11.1 Å². The van der Waals surface area contributed by atoms with Crippen LogP contribution in [0.4, 0.5) is 0 Å². The molecule has 0 atom stereocenters. The van der Waals surface area contributed by atoms with E-state index in [0.717, 1.165) is 0 Å². The number of esters is 1. The summed E-state index contributed by atoms with van der Waals surface area (Å²) in [5.74, 6) is 0.201. The second-order valence-corrected chi connectivity index (χ2v) is 5.93. The van der Waals surface area contributed by atoms with E-state index >= 15 is 0 Å². The fraction of sp³-hybridized carbons (Fsp3) is 0.188. The van der Waals surface area contributed by atoms with Crippen LogP contribution in [-0.4, -0.2) is 18.1 Å². The number of nitriles is 1. The van der Waals surface area contributed by atoms with Gasteiger partial charge in [-0.15, -0.1) is 0 Å². The summed E-state index contributed by atoms with van der Waals surface area (Å²) in [4.78, 5) is 25.7. The van der Waals surface area contributed by atoms with Gasteiger partial charge in [-0.1, -0.05) is 0 Å². The molecule has 2 aromatic rings. The number of nitrogens with zero attached hydrogens (tertiary/aromatic N) is 1. The zero-order valence-corrected chi connectivity index (χ0v) is 14.8. The third-order valence-corrected chi connectivity index (χ3v) is 3.87. The van der Waals surface area contributed by atoms with E-state index in [4.69, 9.17) is 9.47 Å². The Labute approximate surface area is 146 Å². The molecule has 0 amide bonds. The maximum atomic E-state index is 11.9. The minimum Gasteiger partial charge on any atom is -0.493 e. The van der Waals surface area contributed by atoms with Crippen LogP contribution in [0.3, 0.4) is 0 Å². The Morgan fingerprint density at radius 2 is 2.04 bits per heavy atom. The highest BCUT2D eigenvalue weighted by molar-refractivity contribution is 14.1. The van der Waals surface area contributed by atoms with Crippen LogP contribution < -0.4 is 15.0 Å². The Bertz CT molecular complexity index is 881. The van der Waals surface area contributed by atoms with E-state index in [1.54, 1.807) is 25.1 Å². The van der Waals surface area contributed by atoms with Gasteiger partial charge in [0.1, 0.15) is 11.6 Å². The lowest BCUT2D eigenvalue weighted by atomic mass is 10.0. The van der Waals surface area contributed by atoms with Crippen LogP contribution in [0.1, 0.15) is 18.2 Å². The third-order valence-electron chi connectivity index (χ3n) is 3.07. The number of nitrogens with one attached hydrogen (secondary N) is 1. The molecule has 1 N–H and O–H groups in total. The van der Waals surface area contributed by atoms with Crippen molar-refractivity contribution in [2.45, 2.75) is 13.8 Å². The Balaban J connectivity index is 2.72. The van der Waals surface area contributed by atoms with Crippen molar-refractivity contribution in [3.05, 3.63) is 43.4 Å². The topological polar surface area (TPSA) is 92.2 Å². The molecule has 0 saturated heterocycles. The quantitative estimate of drug-likeness (QED) is 0.465. The van der Waals surface area contributed by atoms with Gasteiger partial charge in [0.15, 0.2) is 11.5 Å². The number of hydrogen-bond acceptors (Lipinski definition) is 5. The maximum absolute atomic E-state index is 11.9. The van der Waals surface area contributed by atoms with Crippen LogP contribution >= 0.6 is 22.6 Å². The molecule has 0 aliphatic rings. The number of aromatic amines is 1. The predicted molar refractivity (Wildman–Crippen MR) is 92.5 cm³/mol. The maximum Gasteiger partial charge on any atom is 0.308 e. The first kappa shape index (κ1) is 17.0. The fourth-order valence-corrected chi connectivity index (χ4v) is 2.86. The molecule has 7 heteroatoms. The van der Waals surface area contributed by atoms with Crippen molar-refractivity contribution in [1.29, 1.82) is 5.26 Å². The van der Waals surface area contributed by atoms with Gasteiger partial charge in [0.2, 0.25) is 0 Å². The van der Waals surface area contributed by atoms with Gasteiger partial charge in [-0.2, -0.15) is 5.26 Å². The minimum absolute atomic E-state index is 0.0219. The van der Waals surface area contributed by atoms with Gasteiger partial charge >= 0.3 is 5.97 Å². The normalized spacial score (nSPS) is 10.0. The number of ether oxygens (including phenoxy) is 2. The Morgan fingerprint density at radius 1 is 1.35 bits per heavy atom. The van der Waals surface area contributed by atoms with Crippen LogP contribution in [0.5, 0.6) is 11.5 Å². The van der Waals surface area contributed by atoms with E-state index in [1.807, 2.05) is 28.7 Å². The second-order valence-electron chi connectivity index (χ2n) is 4.77. The molecule has 1 aromatic carbocycles. The van der Waals surface area contributed by atoms with Gasteiger partial charge < -0.3 is 14.5 Å². The van der Waals surface area contributed by atoms with Crippen molar-refractivity contribution in [3.8, 4) is 28.7 Å². The van der Waals surface area contributed by atoms with Gasteiger partial charge in [-0.3, -0.25) is 9.59 Å². The molecule has 0 bridgehead atoms. The van der Waals surface area contributed by atoms with Gasteiger partial charge in [0, 0.05) is 18.2 Å². The van der Waals surface area contributed by atoms with Crippen molar-refractivity contribution < 1.29 is 14.3 Å². The molecule has 0 aliphatic heterocycles. The Kier molecular flexibility index (Phi) is 5.05. The van der Waals surface area contributed by atoms with Crippen molar-refractivity contribution in [1.82, 2.24) is 4.98 Å². The highest BCUT2D eigenvalue weighted by Gasteiger charge is 2.17. The Hall–Kier alpha value is -2.34. The summed E-state index contributed by atoms with van der Waals surface area (Å²) in [6.07, 6.45) is 0. The van der Waals surface area contributed by atoms with E-state index in [2.05, 4.69) is 4.98 Å². The number of H-pyrrole nitrogens is 1. The van der Waals surface area contributed by atoms with Crippen molar-refractivity contribution >= 4 is 28.6 Å². The number of aryl methyl sites for hydroxylation is 1. The fourth-order valence-electron chi connectivity index (χ4n) is 2.15. The largest absolute Gasteiger partial charge is 0.493 e. The Morgan fingerprint density at radius 3 is 2.61 bits per heavy atom. The highest BCUT2D eigenvalue weighted by atomic mass is 127. The zero-order valence-electron chi connectivity index (χ0n) is 12.7. The summed E-state index contributed by atoms with van der Waals surface area (Å²) in [6.45, 7) is 3.04. The average Bonchev–Trinajstić information content (AvgIpc) is 2.48. The lowest BCUT2D eigenvalue weighted by Gasteiger charge is -2.13. The van der Waals surface area contributed by atoms with E-state index in [9.17, 15) is 14.9 Å². The van der Waals surface area contributed by atoms with E-state index in [-0.39, 0.29) is 5.56 Å². The number of rotatable bonds is 3. The van der Waals surface area contributed by atoms with Crippen LogP contribution in [0.2, 0.25) is 0 Å². The van der Waals surface area contributed by atoms with Crippen molar-refractivity contribution in [3.63, 3.8) is 0 Å². The van der Waals surface area contributed by atoms with Crippen LogP contribution in [-0.2, 0) is 4.79 Å². The molecule has 0 radical (unpaired) electrons. The van der Waals surface area contributed by atoms with Crippen LogP contribution in [0, 0.1) is 21.8 Å². The van der Waals surface area contributed by atoms with Gasteiger partial charge in [-0.05, 0) is 53.3 Å². The van der Waals surface area contributed by atoms with Gasteiger partial charge in [-0.25, -0.2) is 0 Å².